The fourth-order valence-electron chi connectivity index (χ4n) is 3.17. The first-order valence-electron chi connectivity index (χ1n) is 9.16. The van der Waals surface area contributed by atoms with Gasteiger partial charge in [0.1, 0.15) is 12.3 Å². The number of hydrogen-bond donors (Lipinski definition) is 2. The van der Waals surface area contributed by atoms with E-state index in [1.807, 2.05) is 6.92 Å². The summed E-state index contributed by atoms with van der Waals surface area (Å²) in [5.41, 5.74) is 1.94. The molecule has 0 saturated heterocycles. The number of allylic oxidation sites excluding steroid dienone is 1. The molecule has 3 rings (SSSR count). The molecule has 0 radical (unpaired) electrons. The summed E-state index contributed by atoms with van der Waals surface area (Å²) in [6, 6.07) is 3.89. The molecule has 11 heteroatoms. The first-order valence-corrected chi connectivity index (χ1v) is 9.16. The highest BCUT2D eigenvalue weighted by Crippen LogP contribution is 2.26. The van der Waals surface area contributed by atoms with Gasteiger partial charge >= 0.3 is 12.4 Å². The van der Waals surface area contributed by atoms with Crippen LogP contribution in [0.4, 0.5) is 18.0 Å². The van der Waals surface area contributed by atoms with E-state index in [1.54, 1.807) is 0 Å². The average Bonchev–Trinajstić information content (AvgIpc) is 2.66. The van der Waals surface area contributed by atoms with Crippen molar-refractivity contribution in [3.8, 4) is 5.75 Å². The summed E-state index contributed by atoms with van der Waals surface area (Å²) in [7, 11) is 1.43. The molecular weight excluding hydrogens is 405 g/mol. The Labute approximate surface area is 170 Å². The summed E-state index contributed by atoms with van der Waals surface area (Å²) < 4.78 is 46.0. The van der Waals surface area contributed by atoms with Crippen LogP contribution in [0, 0.1) is 0 Å². The molecule has 0 bridgehead atoms. The van der Waals surface area contributed by atoms with Crippen LogP contribution in [0.15, 0.2) is 40.8 Å². The van der Waals surface area contributed by atoms with E-state index in [-0.39, 0.29) is 24.8 Å². The van der Waals surface area contributed by atoms with E-state index in [4.69, 9.17) is 4.74 Å². The molecule has 0 aromatic heterocycles. The third kappa shape index (κ3) is 5.29. The fraction of sp³-hybridized carbons (Fsp3) is 0.421. The minimum absolute atomic E-state index is 0.0689. The average molecular weight is 426 g/mol. The van der Waals surface area contributed by atoms with Crippen LogP contribution in [-0.4, -0.2) is 49.2 Å². The van der Waals surface area contributed by atoms with Gasteiger partial charge in [0.25, 0.3) is 0 Å². The minimum Gasteiger partial charge on any atom is -0.406 e. The zero-order valence-corrected chi connectivity index (χ0v) is 16.4. The van der Waals surface area contributed by atoms with Gasteiger partial charge in [-0.2, -0.15) is 0 Å². The molecule has 0 fully saturated rings. The number of alkyl halides is 3. The predicted octanol–water partition coefficient (Wildman–Crippen LogP) is 2.84. The number of amides is 3. The smallest absolute Gasteiger partial charge is 0.406 e. The van der Waals surface area contributed by atoms with Crippen molar-refractivity contribution >= 4 is 17.6 Å². The number of aliphatic imine (C=N–C) groups is 1. The van der Waals surface area contributed by atoms with Gasteiger partial charge in [-0.15, -0.1) is 13.2 Å². The maximum absolute atomic E-state index is 12.9. The Morgan fingerprint density at radius 1 is 1.30 bits per heavy atom. The highest BCUT2D eigenvalue weighted by molar-refractivity contribution is 5.91. The number of methoxy groups -OCH3 is 1. The zero-order valence-electron chi connectivity index (χ0n) is 16.4. The Morgan fingerprint density at radius 3 is 2.63 bits per heavy atom. The molecule has 30 heavy (non-hydrogen) atoms. The Balaban J connectivity index is 1.77. The molecule has 0 spiro atoms. The highest BCUT2D eigenvalue weighted by Gasteiger charge is 2.33. The number of nitrogens with one attached hydrogen (secondary N) is 2. The number of benzene rings is 1. The number of carbonyl (C=O) groups is 2. The van der Waals surface area contributed by atoms with Crippen molar-refractivity contribution in [1.82, 2.24) is 15.5 Å². The molecule has 2 aliphatic heterocycles. The monoisotopic (exact) mass is 426 g/mol. The lowest BCUT2D eigenvalue weighted by molar-refractivity contribution is -0.274. The van der Waals surface area contributed by atoms with Crippen LogP contribution in [0.2, 0.25) is 0 Å². The van der Waals surface area contributed by atoms with Crippen LogP contribution >= 0.6 is 0 Å². The largest absolute Gasteiger partial charge is 0.573 e. The molecule has 1 aromatic rings. The zero-order chi connectivity index (χ0) is 21.9. The van der Waals surface area contributed by atoms with Gasteiger partial charge in [-0.05, 0) is 37.5 Å². The van der Waals surface area contributed by atoms with Crippen LogP contribution in [-0.2, 0) is 9.53 Å². The van der Waals surface area contributed by atoms with Gasteiger partial charge in [0.2, 0.25) is 5.91 Å². The topological polar surface area (TPSA) is 92.3 Å². The molecule has 2 aliphatic rings. The highest BCUT2D eigenvalue weighted by atomic mass is 19.4. The Morgan fingerprint density at radius 2 is 2.00 bits per heavy atom. The van der Waals surface area contributed by atoms with Crippen LogP contribution in [0.3, 0.4) is 0 Å². The molecular formula is C19H21F3N4O4. The van der Waals surface area contributed by atoms with Crippen molar-refractivity contribution in [2.24, 2.45) is 4.99 Å². The summed E-state index contributed by atoms with van der Waals surface area (Å²) in [4.78, 5) is 30.6. The Hall–Kier alpha value is -3.08. The van der Waals surface area contributed by atoms with Crippen molar-refractivity contribution < 1.29 is 32.2 Å². The molecule has 3 amide bonds. The standard InChI is InChI=1S/C19H21F3N4O4/c1-11-3-8-14-17(23-11)26(9-16(27)24-14)18(28)25-15(10-29-2)12-4-6-13(7-5-12)30-19(20,21)22/h4-7,15H,3,8-10H2,1-2H3,(H,24,27)(H,25,28). The van der Waals surface area contributed by atoms with Gasteiger partial charge in [-0.3, -0.25) is 9.69 Å². The van der Waals surface area contributed by atoms with Gasteiger partial charge in [-0.1, -0.05) is 12.1 Å². The van der Waals surface area contributed by atoms with E-state index in [0.29, 0.717) is 29.9 Å². The molecule has 0 aliphatic carbocycles. The molecule has 1 unspecified atom stereocenters. The molecule has 1 atom stereocenters. The summed E-state index contributed by atoms with van der Waals surface area (Å²) >= 11 is 0. The molecule has 162 valence electrons. The lowest BCUT2D eigenvalue weighted by Gasteiger charge is -2.33. The summed E-state index contributed by atoms with van der Waals surface area (Å²) in [6.45, 7) is 1.72. The number of carbonyl (C=O) groups excluding carboxylic acids is 2. The molecule has 0 saturated carbocycles. The first-order chi connectivity index (χ1) is 14.2. The van der Waals surface area contributed by atoms with E-state index in [9.17, 15) is 22.8 Å². The number of urea groups is 1. The van der Waals surface area contributed by atoms with Crippen molar-refractivity contribution in [2.45, 2.75) is 32.2 Å². The third-order valence-corrected chi connectivity index (χ3v) is 4.54. The molecule has 8 nitrogen and oxygen atoms in total. The SMILES string of the molecule is COCC(NC(=O)N1CC(=O)NC2=C1N=C(C)CC2)c1ccc(OC(F)(F)F)cc1. The van der Waals surface area contributed by atoms with Crippen molar-refractivity contribution in [3.63, 3.8) is 0 Å². The van der Waals surface area contributed by atoms with Gasteiger partial charge in [-0.25, -0.2) is 9.79 Å². The second kappa shape index (κ2) is 8.74. The van der Waals surface area contributed by atoms with Crippen molar-refractivity contribution in [3.05, 3.63) is 41.3 Å². The normalized spacial score (nSPS) is 17.7. The minimum atomic E-state index is -4.79. The van der Waals surface area contributed by atoms with Crippen LogP contribution in [0.5, 0.6) is 5.75 Å². The first kappa shape index (κ1) is 21.6. The molecule has 2 N–H and O–H groups in total. The van der Waals surface area contributed by atoms with E-state index in [1.165, 1.54) is 24.1 Å². The summed E-state index contributed by atoms with van der Waals surface area (Å²) in [5.74, 6) is -0.306. The second-order valence-electron chi connectivity index (χ2n) is 6.86. The quantitative estimate of drug-likeness (QED) is 0.758. The Kier molecular flexibility index (Phi) is 6.30. The van der Waals surface area contributed by atoms with E-state index < -0.39 is 18.4 Å². The van der Waals surface area contributed by atoms with E-state index in [0.717, 1.165) is 17.8 Å². The number of rotatable bonds is 5. The third-order valence-electron chi connectivity index (χ3n) is 4.54. The van der Waals surface area contributed by atoms with E-state index in [2.05, 4.69) is 20.4 Å². The number of ether oxygens (including phenoxy) is 2. The van der Waals surface area contributed by atoms with Gasteiger partial charge in [0, 0.05) is 12.8 Å². The van der Waals surface area contributed by atoms with Crippen molar-refractivity contribution in [2.75, 3.05) is 20.3 Å². The molecule has 1 aromatic carbocycles. The summed E-state index contributed by atoms with van der Waals surface area (Å²) in [5, 5.41) is 5.50. The number of halogens is 3. The van der Waals surface area contributed by atoms with Crippen LogP contribution < -0.4 is 15.4 Å². The maximum Gasteiger partial charge on any atom is 0.573 e. The maximum atomic E-state index is 12.9. The summed E-state index contributed by atoms with van der Waals surface area (Å²) in [6.07, 6.45) is -3.53. The van der Waals surface area contributed by atoms with Crippen LogP contribution in [0.1, 0.15) is 31.4 Å². The van der Waals surface area contributed by atoms with Crippen LogP contribution in [0.25, 0.3) is 0 Å². The fourth-order valence-corrected chi connectivity index (χ4v) is 3.17. The lowest BCUT2D eigenvalue weighted by atomic mass is 10.1. The number of hydrogen-bond acceptors (Lipinski definition) is 5. The predicted molar refractivity (Wildman–Crippen MR) is 100 cm³/mol. The van der Waals surface area contributed by atoms with E-state index >= 15 is 0 Å². The van der Waals surface area contributed by atoms with Gasteiger partial charge in [0.15, 0.2) is 5.82 Å². The van der Waals surface area contributed by atoms with Gasteiger partial charge < -0.3 is 20.1 Å². The molecule has 2 heterocycles. The second-order valence-corrected chi connectivity index (χ2v) is 6.86. The van der Waals surface area contributed by atoms with Crippen molar-refractivity contribution in [1.29, 1.82) is 0 Å². The Bertz CT molecular complexity index is 881. The lowest BCUT2D eigenvalue weighted by Crippen LogP contribution is -2.51. The number of nitrogens with zero attached hydrogens (tertiary/aromatic N) is 2. The van der Waals surface area contributed by atoms with Gasteiger partial charge in [0.05, 0.1) is 18.3 Å².